The maximum Gasteiger partial charge on any atom is 0.260 e. The molecule has 2 amide bonds. The van der Waals surface area contributed by atoms with Crippen molar-refractivity contribution in [3.63, 3.8) is 0 Å². The first kappa shape index (κ1) is 18.9. The number of carbonyl (C=O) groups is 2. The summed E-state index contributed by atoms with van der Waals surface area (Å²) < 4.78 is 0. The van der Waals surface area contributed by atoms with Crippen molar-refractivity contribution in [2.75, 3.05) is 10.2 Å². The zero-order chi connectivity index (χ0) is 20.5. The van der Waals surface area contributed by atoms with Crippen LogP contribution in [-0.2, 0) is 6.42 Å². The predicted molar refractivity (Wildman–Crippen MR) is 115 cm³/mol. The van der Waals surface area contributed by atoms with Crippen molar-refractivity contribution < 1.29 is 9.59 Å². The van der Waals surface area contributed by atoms with Crippen molar-refractivity contribution in [1.29, 1.82) is 0 Å². The van der Waals surface area contributed by atoms with Crippen LogP contribution in [0.5, 0.6) is 0 Å². The monoisotopic (exact) mass is 385 g/mol. The first-order chi connectivity index (χ1) is 14.0. The molecule has 3 aromatic rings. The Morgan fingerprint density at radius 2 is 1.79 bits per heavy atom. The Bertz CT molecular complexity index is 1110. The van der Waals surface area contributed by atoms with Gasteiger partial charge in [-0.3, -0.25) is 14.6 Å². The standard InChI is InChI=1S/C24H23N3O2/c1-15-7-6-9-21(17(15)3)26-23(28)19-12-20(14-25-13-19)24(29)27-16(2)11-18-8-4-5-10-22(18)27/h4-10,12-14,16H,11H2,1-3H3,(H,26,28). The van der Waals surface area contributed by atoms with Crippen molar-refractivity contribution in [3.8, 4) is 0 Å². The highest BCUT2D eigenvalue weighted by Gasteiger charge is 2.31. The number of hydrogen-bond donors (Lipinski definition) is 1. The molecule has 146 valence electrons. The number of benzene rings is 2. The first-order valence-corrected chi connectivity index (χ1v) is 9.70. The minimum Gasteiger partial charge on any atom is -0.322 e. The van der Waals surface area contributed by atoms with E-state index in [0.29, 0.717) is 11.1 Å². The van der Waals surface area contributed by atoms with E-state index in [2.05, 4.69) is 10.3 Å². The quantitative estimate of drug-likeness (QED) is 0.720. The molecule has 4 rings (SSSR count). The van der Waals surface area contributed by atoms with Gasteiger partial charge in [0.15, 0.2) is 0 Å². The molecule has 0 aliphatic carbocycles. The van der Waals surface area contributed by atoms with Gasteiger partial charge in [0, 0.05) is 29.8 Å². The van der Waals surface area contributed by atoms with Crippen molar-refractivity contribution in [2.45, 2.75) is 33.2 Å². The lowest BCUT2D eigenvalue weighted by molar-refractivity contribution is 0.0981. The summed E-state index contributed by atoms with van der Waals surface area (Å²) in [5.74, 6) is -0.424. The molecule has 0 bridgehead atoms. The second-order valence-corrected chi connectivity index (χ2v) is 7.52. The fraction of sp³-hybridized carbons (Fsp3) is 0.208. The molecule has 0 fully saturated rings. The summed E-state index contributed by atoms with van der Waals surface area (Å²) in [5.41, 5.74) is 5.73. The largest absolute Gasteiger partial charge is 0.322 e. The molecule has 0 saturated heterocycles. The Morgan fingerprint density at radius 1 is 1.03 bits per heavy atom. The third kappa shape index (κ3) is 3.51. The highest BCUT2D eigenvalue weighted by Crippen LogP contribution is 2.33. The predicted octanol–water partition coefficient (Wildman–Crippen LogP) is 4.54. The highest BCUT2D eigenvalue weighted by atomic mass is 16.2. The third-order valence-corrected chi connectivity index (χ3v) is 5.53. The lowest BCUT2D eigenvalue weighted by Gasteiger charge is -2.22. The van der Waals surface area contributed by atoms with Crippen LogP contribution >= 0.6 is 0 Å². The van der Waals surface area contributed by atoms with Crippen LogP contribution in [0.3, 0.4) is 0 Å². The molecule has 1 aromatic heterocycles. The number of fused-ring (bicyclic) bond motifs is 1. The molecule has 29 heavy (non-hydrogen) atoms. The van der Waals surface area contributed by atoms with E-state index in [9.17, 15) is 9.59 Å². The maximum absolute atomic E-state index is 13.2. The number of rotatable bonds is 3. The molecule has 0 radical (unpaired) electrons. The molecule has 1 N–H and O–H groups in total. The SMILES string of the molecule is Cc1cccc(NC(=O)c2cncc(C(=O)N3c4ccccc4CC3C)c2)c1C. The summed E-state index contributed by atoms with van der Waals surface area (Å²) in [6, 6.07) is 15.4. The van der Waals surface area contributed by atoms with Gasteiger partial charge in [0.2, 0.25) is 0 Å². The smallest absolute Gasteiger partial charge is 0.260 e. The van der Waals surface area contributed by atoms with Gasteiger partial charge < -0.3 is 10.2 Å². The number of nitrogens with one attached hydrogen (secondary N) is 1. The molecule has 0 saturated carbocycles. The van der Waals surface area contributed by atoms with Crippen LogP contribution in [0.15, 0.2) is 60.9 Å². The molecule has 2 heterocycles. The molecule has 5 nitrogen and oxygen atoms in total. The molecule has 1 aliphatic rings. The fourth-order valence-corrected chi connectivity index (χ4v) is 3.78. The van der Waals surface area contributed by atoms with E-state index in [0.717, 1.165) is 34.5 Å². The van der Waals surface area contributed by atoms with E-state index in [1.54, 1.807) is 11.0 Å². The molecule has 1 atom stereocenters. The Hall–Kier alpha value is -3.47. The van der Waals surface area contributed by atoms with Gasteiger partial charge in [-0.15, -0.1) is 0 Å². The molecular formula is C24H23N3O2. The summed E-state index contributed by atoms with van der Waals surface area (Å²) in [6.45, 7) is 6.00. The number of hydrogen-bond acceptors (Lipinski definition) is 3. The van der Waals surface area contributed by atoms with E-state index in [-0.39, 0.29) is 17.9 Å². The Balaban J connectivity index is 1.60. The Morgan fingerprint density at radius 3 is 2.62 bits per heavy atom. The summed E-state index contributed by atoms with van der Waals surface area (Å²) >= 11 is 0. The second-order valence-electron chi connectivity index (χ2n) is 7.52. The zero-order valence-electron chi connectivity index (χ0n) is 16.8. The molecular weight excluding hydrogens is 362 g/mol. The summed E-state index contributed by atoms with van der Waals surface area (Å²) in [4.78, 5) is 31.9. The van der Waals surface area contributed by atoms with Gasteiger partial charge in [-0.2, -0.15) is 0 Å². The van der Waals surface area contributed by atoms with Crippen molar-refractivity contribution >= 4 is 23.2 Å². The van der Waals surface area contributed by atoms with Crippen molar-refractivity contribution in [2.24, 2.45) is 0 Å². The highest BCUT2D eigenvalue weighted by molar-refractivity contribution is 6.10. The van der Waals surface area contributed by atoms with Gasteiger partial charge in [-0.1, -0.05) is 30.3 Å². The number of anilines is 2. The van der Waals surface area contributed by atoms with Crippen LogP contribution in [0, 0.1) is 13.8 Å². The van der Waals surface area contributed by atoms with Crippen LogP contribution in [-0.4, -0.2) is 22.8 Å². The molecule has 2 aromatic carbocycles. The van der Waals surface area contributed by atoms with Crippen LogP contribution in [0.2, 0.25) is 0 Å². The van der Waals surface area contributed by atoms with E-state index in [1.165, 1.54) is 12.4 Å². The van der Waals surface area contributed by atoms with Crippen LogP contribution in [0.25, 0.3) is 0 Å². The Kier molecular flexibility index (Phi) is 4.89. The third-order valence-electron chi connectivity index (χ3n) is 5.53. The maximum atomic E-state index is 13.2. The summed E-state index contributed by atoms with van der Waals surface area (Å²) in [7, 11) is 0. The van der Waals surface area contributed by atoms with Crippen LogP contribution in [0.4, 0.5) is 11.4 Å². The van der Waals surface area contributed by atoms with E-state index < -0.39 is 0 Å². The van der Waals surface area contributed by atoms with E-state index in [1.807, 2.05) is 63.2 Å². The number of carbonyl (C=O) groups excluding carboxylic acids is 2. The lowest BCUT2D eigenvalue weighted by Crippen LogP contribution is -2.35. The fourth-order valence-electron chi connectivity index (χ4n) is 3.78. The van der Waals surface area contributed by atoms with Crippen molar-refractivity contribution in [1.82, 2.24) is 4.98 Å². The van der Waals surface area contributed by atoms with Crippen LogP contribution < -0.4 is 10.2 Å². The summed E-state index contributed by atoms with van der Waals surface area (Å²) in [5, 5.41) is 2.92. The zero-order valence-corrected chi connectivity index (χ0v) is 16.8. The molecule has 0 spiro atoms. The average molecular weight is 385 g/mol. The molecule has 1 unspecified atom stereocenters. The topological polar surface area (TPSA) is 62.3 Å². The lowest BCUT2D eigenvalue weighted by atomic mass is 10.1. The van der Waals surface area contributed by atoms with E-state index >= 15 is 0 Å². The van der Waals surface area contributed by atoms with Crippen molar-refractivity contribution in [3.05, 3.63) is 88.7 Å². The number of amides is 2. The number of nitrogens with zero attached hydrogens (tertiary/aromatic N) is 2. The molecule has 5 heteroatoms. The molecule has 1 aliphatic heterocycles. The summed E-state index contributed by atoms with van der Waals surface area (Å²) in [6.07, 6.45) is 3.82. The van der Waals surface area contributed by atoms with Gasteiger partial charge in [0.25, 0.3) is 11.8 Å². The number of aromatic nitrogens is 1. The minimum absolute atomic E-state index is 0.0623. The van der Waals surface area contributed by atoms with E-state index in [4.69, 9.17) is 0 Å². The number of pyridine rings is 1. The van der Waals surface area contributed by atoms with Gasteiger partial charge in [0.05, 0.1) is 11.1 Å². The normalized spacial score (nSPS) is 15.1. The first-order valence-electron chi connectivity index (χ1n) is 9.70. The Labute approximate surface area is 170 Å². The second kappa shape index (κ2) is 7.51. The number of aryl methyl sites for hydroxylation is 1. The average Bonchev–Trinajstić information content (AvgIpc) is 3.06. The van der Waals surface area contributed by atoms with Gasteiger partial charge in [-0.25, -0.2) is 0 Å². The number of para-hydroxylation sites is 1. The van der Waals surface area contributed by atoms with Gasteiger partial charge in [-0.05, 0) is 62.1 Å². The van der Waals surface area contributed by atoms with Crippen LogP contribution in [0.1, 0.15) is 44.3 Å². The van der Waals surface area contributed by atoms with Gasteiger partial charge in [0.1, 0.15) is 0 Å². The van der Waals surface area contributed by atoms with Gasteiger partial charge >= 0.3 is 0 Å². The minimum atomic E-state index is -0.282.